The Morgan fingerprint density at radius 1 is 1.50 bits per heavy atom. The molecule has 1 aromatic rings. The lowest BCUT2D eigenvalue weighted by Crippen LogP contribution is -2.34. The van der Waals surface area contributed by atoms with E-state index in [1.165, 1.54) is 19.3 Å². The van der Waals surface area contributed by atoms with E-state index in [2.05, 4.69) is 10.3 Å². The van der Waals surface area contributed by atoms with Gasteiger partial charge in [0.1, 0.15) is 5.69 Å². The molecule has 4 N–H and O–H groups in total. The van der Waals surface area contributed by atoms with Crippen LogP contribution in [0.4, 0.5) is 0 Å². The first-order valence-corrected chi connectivity index (χ1v) is 5.75. The Hall–Kier alpha value is -1.95. The van der Waals surface area contributed by atoms with Gasteiger partial charge in [0, 0.05) is 30.3 Å². The minimum absolute atomic E-state index is 0.164. The van der Waals surface area contributed by atoms with Crippen LogP contribution >= 0.6 is 0 Å². The summed E-state index contributed by atoms with van der Waals surface area (Å²) in [6.45, 7) is 0. The van der Waals surface area contributed by atoms with E-state index < -0.39 is 12.0 Å². The topological polar surface area (TPSA) is 105 Å². The number of primary amides is 1. The van der Waals surface area contributed by atoms with Crippen molar-refractivity contribution in [2.24, 2.45) is 5.73 Å². The number of rotatable bonds is 3. The fraction of sp³-hybridized carbons (Fsp3) is 0.417. The van der Waals surface area contributed by atoms with Crippen molar-refractivity contribution in [3.8, 4) is 0 Å². The smallest absolute Gasteiger partial charge is 0.269 e. The van der Waals surface area contributed by atoms with Crippen LogP contribution in [0.5, 0.6) is 0 Å². The third kappa shape index (κ3) is 1.95. The first-order chi connectivity index (χ1) is 8.56. The normalized spacial score (nSPS) is 22.1. The van der Waals surface area contributed by atoms with Crippen LogP contribution in [0.2, 0.25) is 0 Å². The predicted octanol–water partition coefficient (Wildman–Crippen LogP) is -0.222. The van der Waals surface area contributed by atoms with Gasteiger partial charge in [-0.2, -0.15) is 0 Å². The number of carbonyl (C=O) groups excluding carboxylic acids is 2. The van der Waals surface area contributed by atoms with E-state index in [0.29, 0.717) is 12.0 Å². The van der Waals surface area contributed by atoms with Gasteiger partial charge in [-0.3, -0.25) is 14.6 Å². The van der Waals surface area contributed by atoms with Crippen LogP contribution in [0.3, 0.4) is 0 Å². The summed E-state index contributed by atoms with van der Waals surface area (Å²) in [5, 5.41) is 12.2. The van der Waals surface area contributed by atoms with Gasteiger partial charge < -0.3 is 16.2 Å². The van der Waals surface area contributed by atoms with E-state index in [1.54, 1.807) is 0 Å². The third-order valence-electron chi connectivity index (χ3n) is 3.31. The number of carbonyl (C=O) groups is 2. The molecule has 0 radical (unpaired) electrons. The van der Waals surface area contributed by atoms with Crippen molar-refractivity contribution in [2.45, 2.75) is 24.9 Å². The average molecular weight is 249 g/mol. The summed E-state index contributed by atoms with van der Waals surface area (Å²) in [6, 6.07) is 1.48. The number of hydrogen-bond donors (Lipinski definition) is 3. The summed E-state index contributed by atoms with van der Waals surface area (Å²) in [5.41, 5.74) is 6.19. The Labute approximate surface area is 104 Å². The van der Waals surface area contributed by atoms with Crippen LogP contribution in [-0.2, 0) is 0 Å². The minimum Gasteiger partial charge on any atom is -0.392 e. The molecule has 1 heterocycles. The van der Waals surface area contributed by atoms with E-state index in [-0.39, 0.29) is 23.1 Å². The maximum atomic E-state index is 11.8. The SMILES string of the molecule is CNC(=O)c1nccc(C(N)=O)c1[C@H]1CC[C@@H]1O. The number of nitrogens with two attached hydrogens (primary N) is 1. The number of aliphatic hydroxyl groups excluding tert-OH is 1. The van der Waals surface area contributed by atoms with Crippen LogP contribution in [0.1, 0.15) is 45.2 Å². The number of nitrogens with zero attached hydrogens (tertiary/aromatic N) is 1. The molecule has 0 saturated heterocycles. The van der Waals surface area contributed by atoms with E-state index in [4.69, 9.17) is 5.73 Å². The number of aliphatic hydroxyl groups is 1. The maximum absolute atomic E-state index is 11.8. The second kappa shape index (κ2) is 4.73. The fourth-order valence-corrected chi connectivity index (χ4v) is 2.18. The molecule has 2 rings (SSSR count). The lowest BCUT2D eigenvalue weighted by molar-refractivity contribution is 0.0645. The molecule has 0 spiro atoms. The van der Waals surface area contributed by atoms with Crippen molar-refractivity contribution in [1.82, 2.24) is 10.3 Å². The molecule has 1 aliphatic carbocycles. The predicted molar refractivity (Wildman–Crippen MR) is 64.1 cm³/mol. The maximum Gasteiger partial charge on any atom is 0.269 e. The van der Waals surface area contributed by atoms with Gasteiger partial charge >= 0.3 is 0 Å². The van der Waals surface area contributed by atoms with E-state index in [9.17, 15) is 14.7 Å². The molecule has 96 valence electrons. The molecule has 0 unspecified atom stereocenters. The highest BCUT2D eigenvalue weighted by Crippen LogP contribution is 2.39. The highest BCUT2D eigenvalue weighted by Gasteiger charge is 2.36. The van der Waals surface area contributed by atoms with Crippen LogP contribution in [0.25, 0.3) is 0 Å². The van der Waals surface area contributed by atoms with Gasteiger partial charge in [0.15, 0.2) is 0 Å². The standard InChI is InChI=1S/C12H15N3O3/c1-14-12(18)10-9(6-2-3-8(6)16)7(11(13)17)4-5-15-10/h4-6,8,16H,2-3H2,1H3,(H2,13,17)(H,14,18)/t6-,8-/m0/s1. The number of aromatic nitrogens is 1. The number of hydrogen-bond acceptors (Lipinski definition) is 4. The van der Waals surface area contributed by atoms with Crippen molar-refractivity contribution in [2.75, 3.05) is 7.05 Å². The van der Waals surface area contributed by atoms with Crippen LogP contribution in [0.15, 0.2) is 12.3 Å². The lowest BCUT2D eigenvalue weighted by Gasteiger charge is -2.34. The van der Waals surface area contributed by atoms with E-state index in [1.807, 2.05) is 0 Å². The molecule has 1 fully saturated rings. The number of nitrogens with one attached hydrogen (secondary N) is 1. The number of amides is 2. The molecule has 2 atom stereocenters. The largest absolute Gasteiger partial charge is 0.392 e. The molecule has 6 heteroatoms. The number of pyridine rings is 1. The molecule has 18 heavy (non-hydrogen) atoms. The lowest BCUT2D eigenvalue weighted by atomic mass is 9.74. The molecule has 6 nitrogen and oxygen atoms in total. The second-order valence-corrected chi connectivity index (χ2v) is 4.32. The van der Waals surface area contributed by atoms with Crippen LogP contribution < -0.4 is 11.1 Å². The third-order valence-corrected chi connectivity index (χ3v) is 3.31. The Morgan fingerprint density at radius 2 is 2.22 bits per heavy atom. The summed E-state index contributed by atoms with van der Waals surface area (Å²) in [6.07, 6.45) is 2.21. The summed E-state index contributed by atoms with van der Waals surface area (Å²) in [7, 11) is 1.49. The molecule has 1 aromatic heterocycles. The van der Waals surface area contributed by atoms with Gasteiger partial charge in [0.05, 0.1) is 6.10 Å². The first kappa shape index (κ1) is 12.5. The zero-order chi connectivity index (χ0) is 13.3. The molecular formula is C12H15N3O3. The van der Waals surface area contributed by atoms with Crippen molar-refractivity contribution >= 4 is 11.8 Å². The molecule has 0 aliphatic heterocycles. The van der Waals surface area contributed by atoms with E-state index >= 15 is 0 Å². The van der Waals surface area contributed by atoms with Gasteiger partial charge in [0.25, 0.3) is 5.91 Å². The van der Waals surface area contributed by atoms with Gasteiger partial charge in [-0.05, 0) is 18.9 Å². The zero-order valence-electron chi connectivity index (χ0n) is 10.0. The monoisotopic (exact) mass is 249 g/mol. The zero-order valence-corrected chi connectivity index (χ0v) is 10.0. The fourth-order valence-electron chi connectivity index (χ4n) is 2.18. The molecule has 0 aromatic carbocycles. The molecule has 1 aliphatic rings. The summed E-state index contributed by atoms with van der Waals surface area (Å²) in [5.74, 6) is -1.24. The van der Waals surface area contributed by atoms with E-state index in [0.717, 1.165) is 6.42 Å². The highest BCUT2D eigenvalue weighted by atomic mass is 16.3. The van der Waals surface area contributed by atoms with Gasteiger partial charge in [-0.1, -0.05) is 0 Å². The first-order valence-electron chi connectivity index (χ1n) is 5.75. The Balaban J connectivity index is 2.56. The van der Waals surface area contributed by atoms with Gasteiger partial charge in [-0.25, -0.2) is 0 Å². The average Bonchev–Trinajstić information content (AvgIpc) is 2.36. The van der Waals surface area contributed by atoms with Crippen LogP contribution in [-0.4, -0.2) is 35.1 Å². The summed E-state index contributed by atoms with van der Waals surface area (Å²) in [4.78, 5) is 27.2. The van der Waals surface area contributed by atoms with Gasteiger partial charge in [-0.15, -0.1) is 0 Å². The molecule has 1 saturated carbocycles. The second-order valence-electron chi connectivity index (χ2n) is 4.32. The quantitative estimate of drug-likeness (QED) is 0.688. The molecule has 0 bridgehead atoms. The van der Waals surface area contributed by atoms with Crippen molar-refractivity contribution in [1.29, 1.82) is 0 Å². The highest BCUT2D eigenvalue weighted by molar-refractivity contribution is 6.00. The molecule has 2 amide bonds. The van der Waals surface area contributed by atoms with Crippen molar-refractivity contribution in [3.63, 3.8) is 0 Å². The minimum atomic E-state index is -0.614. The van der Waals surface area contributed by atoms with Crippen molar-refractivity contribution in [3.05, 3.63) is 29.1 Å². The molecular weight excluding hydrogens is 234 g/mol. The Kier molecular flexibility index (Phi) is 3.29. The van der Waals surface area contributed by atoms with Crippen LogP contribution in [0, 0.1) is 0 Å². The Bertz CT molecular complexity index is 501. The van der Waals surface area contributed by atoms with Gasteiger partial charge in [0.2, 0.25) is 5.91 Å². The Morgan fingerprint density at radius 3 is 2.67 bits per heavy atom. The summed E-state index contributed by atoms with van der Waals surface area (Å²) >= 11 is 0. The van der Waals surface area contributed by atoms with Crippen molar-refractivity contribution < 1.29 is 14.7 Å². The summed E-state index contributed by atoms with van der Waals surface area (Å²) < 4.78 is 0.